The molecule has 32 heavy (non-hydrogen) atoms. The number of likely N-dealkylation sites (tertiary alicyclic amines) is 1. The average molecular weight is 471 g/mol. The minimum Gasteiger partial charge on any atom is -0.450 e. The van der Waals surface area contributed by atoms with E-state index in [9.17, 15) is 14.4 Å². The lowest BCUT2D eigenvalue weighted by atomic mass is 9.89. The highest BCUT2D eigenvalue weighted by Crippen LogP contribution is 2.34. The van der Waals surface area contributed by atoms with Crippen LogP contribution in [0.1, 0.15) is 73.1 Å². The molecule has 0 aromatic rings. The van der Waals surface area contributed by atoms with Crippen molar-refractivity contribution in [1.29, 1.82) is 0 Å². The van der Waals surface area contributed by atoms with Gasteiger partial charge in [-0.2, -0.15) is 11.8 Å². The predicted octanol–water partition coefficient (Wildman–Crippen LogP) is 2.65. The molecule has 1 saturated carbocycles. The zero-order valence-corrected chi connectivity index (χ0v) is 21.1. The van der Waals surface area contributed by atoms with E-state index in [1.54, 1.807) is 23.6 Å². The van der Waals surface area contributed by atoms with Crippen molar-refractivity contribution in [2.24, 2.45) is 11.7 Å². The number of amides is 3. The zero-order chi connectivity index (χ0) is 23.9. The molecule has 8 nitrogen and oxygen atoms in total. The Morgan fingerprint density at radius 3 is 2.44 bits per heavy atom. The van der Waals surface area contributed by atoms with Gasteiger partial charge in [-0.25, -0.2) is 4.79 Å². The molecule has 2 rings (SSSR count). The van der Waals surface area contributed by atoms with Crippen molar-refractivity contribution in [3.63, 3.8) is 0 Å². The third kappa shape index (κ3) is 7.54. The van der Waals surface area contributed by atoms with Crippen LogP contribution in [0, 0.1) is 5.92 Å². The summed E-state index contributed by atoms with van der Waals surface area (Å²) < 4.78 is 4.45. The van der Waals surface area contributed by atoms with Crippen LogP contribution in [0.4, 0.5) is 4.79 Å². The Morgan fingerprint density at radius 2 is 1.84 bits per heavy atom. The first-order chi connectivity index (χ1) is 15.0. The van der Waals surface area contributed by atoms with E-state index < -0.39 is 22.9 Å². The van der Waals surface area contributed by atoms with Gasteiger partial charge in [0, 0.05) is 23.9 Å². The molecule has 9 heteroatoms. The number of carbonyl (C=O) groups is 3. The minimum atomic E-state index is -0.840. The van der Waals surface area contributed by atoms with Crippen LogP contribution in [0.5, 0.6) is 0 Å². The van der Waals surface area contributed by atoms with Crippen LogP contribution in [0.15, 0.2) is 0 Å². The van der Waals surface area contributed by atoms with E-state index in [0.717, 1.165) is 12.8 Å². The quantitative estimate of drug-likeness (QED) is 0.477. The van der Waals surface area contributed by atoms with Gasteiger partial charge < -0.3 is 26.0 Å². The lowest BCUT2D eigenvalue weighted by Gasteiger charge is -2.38. The van der Waals surface area contributed by atoms with Crippen LogP contribution in [-0.2, 0) is 14.3 Å². The first-order valence-corrected chi connectivity index (χ1v) is 12.9. The fourth-order valence-electron chi connectivity index (χ4n) is 4.78. The number of carbonyl (C=O) groups excluding carboxylic acids is 3. The second kappa shape index (κ2) is 12.1. The number of hydrogen-bond donors (Lipinski definition) is 3. The van der Waals surface area contributed by atoms with Gasteiger partial charge in [0.2, 0.25) is 11.8 Å². The smallest absolute Gasteiger partial charge is 0.407 e. The van der Waals surface area contributed by atoms with Gasteiger partial charge in [-0.1, -0.05) is 33.1 Å². The summed E-state index contributed by atoms with van der Waals surface area (Å²) in [6, 6.07) is -1.73. The summed E-state index contributed by atoms with van der Waals surface area (Å²) >= 11 is 1.60. The maximum atomic E-state index is 13.7. The van der Waals surface area contributed by atoms with Crippen LogP contribution in [0.3, 0.4) is 0 Å². The molecular weight excluding hydrogens is 428 g/mol. The average Bonchev–Trinajstić information content (AvgIpc) is 3.11. The van der Waals surface area contributed by atoms with Gasteiger partial charge in [-0.15, -0.1) is 0 Å². The standard InChI is InChI=1S/C23H42N4O4S/c1-6-31-22(30)26-19(23(4,5)32-15(2)3)21(29)27-14-17(24)12-18(27)20(28)25-13-16-10-8-7-9-11-16/h15-19H,6-14,24H2,1-5H3,(H,25,28)(H,26,30)/t17-,18+,19+/m1/s1. The molecule has 1 aliphatic heterocycles. The Morgan fingerprint density at radius 1 is 1.19 bits per heavy atom. The molecule has 1 saturated heterocycles. The van der Waals surface area contributed by atoms with Crippen molar-refractivity contribution in [2.45, 2.75) is 101 Å². The summed E-state index contributed by atoms with van der Waals surface area (Å²) in [4.78, 5) is 40.5. The SMILES string of the molecule is CCOC(=O)N[C@@H](C(=O)N1C[C@H](N)C[C@H]1C(=O)NCC1CCCCC1)C(C)(C)SC(C)C. The second-order valence-electron chi connectivity index (χ2n) is 9.82. The third-order valence-electron chi connectivity index (χ3n) is 6.23. The lowest BCUT2D eigenvalue weighted by Crippen LogP contribution is -2.60. The van der Waals surface area contributed by atoms with E-state index >= 15 is 0 Å². The number of nitrogens with one attached hydrogen (secondary N) is 2. The topological polar surface area (TPSA) is 114 Å². The highest BCUT2D eigenvalue weighted by atomic mass is 32.2. The van der Waals surface area contributed by atoms with Crippen LogP contribution in [-0.4, -0.2) is 70.6 Å². The van der Waals surface area contributed by atoms with Crippen LogP contribution < -0.4 is 16.4 Å². The Balaban J connectivity index is 2.15. The molecule has 2 fully saturated rings. The van der Waals surface area contributed by atoms with E-state index in [2.05, 4.69) is 10.6 Å². The van der Waals surface area contributed by atoms with Crippen molar-refractivity contribution < 1.29 is 19.1 Å². The fourth-order valence-corrected chi connectivity index (χ4v) is 6.29. The van der Waals surface area contributed by atoms with E-state index in [1.807, 2.05) is 27.7 Å². The number of nitrogens with zero attached hydrogens (tertiary/aromatic N) is 1. The summed E-state index contributed by atoms with van der Waals surface area (Å²) in [7, 11) is 0. The van der Waals surface area contributed by atoms with Crippen LogP contribution in [0.25, 0.3) is 0 Å². The summed E-state index contributed by atoms with van der Waals surface area (Å²) in [5.74, 6) is 0.0644. The maximum absolute atomic E-state index is 13.7. The molecule has 0 aromatic heterocycles. The van der Waals surface area contributed by atoms with Gasteiger partial charge in [0.1, 0.15) is 12.1 Å². The normalized spacial score (nSPS) is 23.2. The van der Waals surface area contributed by atoms with Crippen LogP contribution >= 0.6 is 11.8 Å². The Hall–Kier alpha value is -1.48. The fraction of sp³-hybridized carbons (Fsp3) is 0.870. The first kappa shape index (κ1) is 26.8. The molecular formula is C23H42N4O4S. The molecule has 0 aromatic carbocycles. The summed E-state index contributed by atoms with van der Waals surface area (Å²) in [5, 5.41) is 6.07. The molecule has 4 N–H and O–H groups in total. The molecule has 184 valence electrons. The largest absolute Gasteiger partial charge is 0.450 e. The molecule has 0 spiro atoms. The summed E-state index contributed by atoms with van der Waals surface area (Å²) in [5.41, 5.74) is 6.18. The molecule has 0 bridgehead atoms. The second-order valence-corrected chi connectivity index (χ2v) is 12.0. The van der Waals surface area contributed by atoms with Gasteiger partial charge in [-0.05, 0) is 51.2 Å². The van der Waals surface area contributed by atoms with Crippen molar-refractivity contribution in [2.75, 3.05) is 19.7 Å². The maximum Gasteiger partial charge on any atom is 0.407 e. The van der Waals surface area contributed by atoms with Gasteiger partial charge in [-0.3, -0.25) is 9.59 Å². The molecule has 2 aliphatic rings. The van der Waals surface area contributed by atoms with E-state index in [4.69, 9.17) is 10.5 Å². The van der Waals surface area contributed by atoms with Crippen LogP contribution in [0.2, 0.25) is 0 Å². The molecule has 1 aliphatic carbocycles. The van der Waals surface area contributed by atoms with Gasteiger partial charge in [0.15, 0.2) is 0 Å². The van der Waals surface area contributed by atoms with Gasteiger partial charge in [0.05, 0.1) is 6.61 Å². The zero-order valence-electron chi connectivity index (χ0n) is 20.3. The number of nitrogens with two attached hydrogens (primary N) is 1. The number of ether oxygens (including phenoxy) is 1. The van der Waals surface area contributed by atoms with Gasteiger partial charge in [0.25, 0.3) is 0 Å². The number of thioether (sulfide) groups is 1. The summed E-state index contributed by atoms with van der Waals surface area (Å²) in [6.45, 7) is 10.8. The Kier molecular flexibility index (Phi) is 10.1. The monoisotopic (exact) mass is 470 g/mol. The molecule has 0 unspecified atom stereocenters. The highest BCUT2D eigenvalue weighted by molar-refractivity contribution is 8.01. The first-order valence-electron chi connectivity index (χ1n) is 12.0. The van der Waals surface area contributed by atoms with E-state index in [0.29, 0.717) is 25.4 Å². The van der Waals surface area contributed by atoms with E-state index in [1.165, 1.54) is 19.3 Å². The van der Waals surface area contributed by atoms with Crippen molar-refractivity contribution in [1.82, 2.24) is 15.5 Å². The lowest BCUT2D eigenvalue weighted by molar-refractivity contribution is -0.140. The van der Waals surface area contributed by atoms with Crippen molar-refractivity contribution in [3.8, 4) is 0 Å². The molecule has 1 heterocycles. The molecule has 3 amide bonds. The third-order valence-corrected chi connectivity index (χ3v) is 7.54. The predicted molar refractivity (Wildman–Crippen MR) is 128 cm³/mol. The van der Waals surface area contributed by atoms with Crippen molar-refractivity contribution in [3.05, 3.63) is 0 Å². The Labute approximate surface area is 197 Å². The highest BCUT2D eigenvalue weighted by Gasteiger charge is 2.46. The van der Waals surface area contributed by atoms with E-state index in [-0.39, 0.29) is 29.7 Å². The van der Waals surface area contributed by atoms with Gasteiger partial charge >= 0.3 is 6.09 Å². The summed E-state index contributed by atoms with van der Waals surface area (Å²) in [6.07, 6.45) is 5.76. The number of rotatable bonds is 9. The molecule has 3 atom stereocenters. The Bertz CT molecular complexity index is 652. The number of hydrogen-bond acceptors (Lipinski definition) is 6. The number of alkyl carbamates (subject to hydrolysis) is 1. The molecule has 0 radical (unpaired) electrons. The van der Waals surface area contributed by atoms with Crippen molar-refractivity contribution >= 4 is 29.7 Å². The minimum absolute atomic E-state index is 0.152.